The zero-order chi connectivity index (χ0) is 19.9. The van der Waals surface area contributed by atoms with Crippen molar-refractivity contribution in [2.24, 2.45) is 0 Å². The Labute approximate surface area is 165 Å². The first kappa shape index (κ1) is 19.4. The van der Waals surface area contributed by atoms with Gasteiger partial charge in [-0.15, -0.1) is 0 Å². The van der Waals surface area contributed by atoms with Crippen molar-refractivity contribution in [2.45, 2.75) is 20.3 Å². The minimum atomic E-state index is -0.201. The number of aromatic nitrogens is 2. The number of benzene rings is 2. The molecule has 144 valence electrons. The van der Waals surface area contributed by atoms with Gasteiger partial charge >= 0.3 is 0 Å². The third kappa shape index (κ3) is 4.85. The van der Waals surface area contributed by atoms with E-state index in [9.17, 15) is 4.79 Å². The van der Waals surface area contributed by atoms with Gasteiger partial charge in [-0.25, -0.2) is 9.97 Å². The molecule has 0 saturated carbocycles. The van der Waals surface area contributed by atoms with E-state index in [2.05, 4.69) is 33.6 Å². The number of hydrogen-bond donors (Lipinski definition) is 2. The second-order valence-electron chi connectivity index (χ2n) is 6.56. The largest absolute Gasteiger partial charge is 0.496 e. The first-order valence-electron chi connectivity index (χ1n) is 9.13. The van der Waals surface area contributed by atoms with Gasteiger partial charge in [0, 0.05) is 24.6 Å². The topological polar surface area (TPSA) is 76.1 Å². The van der Waals surface area contributed by atoms with Gasteiger partial charge < -0.3 is 15.4 Å². The van der Waals surface area contributed by atoms with E-state index >= 15 is 0 Å². The number of ether oxygens (including phenoxy) is 1. The van der Waals surface area contributed by atoms with Gasteiger partial charge in [-0.3, -0.25) is 4.79 Å². The van der Waals surface area contributed by atoms with Crippen LogP contribution in [0.3, 0.4) is 0 Å². The van der Waals surface area contributed by atoms with Gasteiger partial charge in [0.1, 0.15) is 5.75 Å². The van der Waals surface area contributed by atoms with Crippen molar-refractivity contribution in [3.63, 3.8) is 0 Å². The molecular formula is C22H24N4O2. The van der Waals surface area contributed by atoms with Crippen LogP contribution in [0.4, 0.5) is 11.6 Å². The molecule has 0 spiro atoms. The zero-order valence-corrected chi connectivity index (χ0v) is 16.3. The number of anilines is 2. The lowest BCUT2D eigenvalue weighted by Crippen LogP contribution is -2.26. The van der Waals surface area contributed by atoms with Crippen molar-refractivity contribution < 1.29 is 9.53 Å². The summed E-state index contributed by atoms with van der Waals surface area (Å²) < 4.78 is 5.32. The number of aryl methyl sites for hydroxylation is 2. The molecular weight excluding hydrogens is 352 g/mol. The Morgan fingerprint density at radius 2 is 1.82 bits per heavy atom. The summed E-state index contributed by atoms with van der Waals surface area (Å²) in [5.74, 6) is 1.08. The number of nitrogens with one attached hydrogen (secondary N) is 2. The lowest BCUT2D eigenvalue weighted by Gasteiger charge is -2.10. The summed E-state index contributed by atoms with van der Waals surface area (Å²) in [4.78, 5) is 20.8. The van der Waals surface area contributed by atoms with Crippen molar-refractivity contribution in [1.29, 1.82) is 0 Å². The smallest absolute Gasteiger partial charge is 0.254 e. The van der Waals surface area contributed by atoms with E-state index in [0.29, 0.717) is 24.5 Å². The van der Waals surface area contributed by atoms with Crippen LogP contribution in [0.5, 0.6) is 5.75 Å². The molecule has 1 heterocycles. The molecule has 3 aromatic rings. The fraction of sp³-hybridized carbons (Fsp3) is 0.227. The predicted octanol–water partition coefficient (Wildman–Crippen LogP) is 3.82. The molecule has 0 atom stereocenters. The van der Waals surface area contributed by atoms with Crippen molar-refractivity contribution >= 4 is 17.5 Å². The van der Waals surface area contributed by atoms with Crippen LogP contribution in [0.25, 0.3) is 0 Å². The van der Waals surface area contributed by atoms with Gasteiger partial charge in [-0.05, 0) is 43.5 Å². The number of para-hydroxylation sites is 1. The molecule has 0 aliphatic carbocycles. The van der Waals surface area contributed by atoms with Gasteiger partial charge in [0.2, 0.25) is 5.95 Å². The second kappa shape index (κ2) is 8.99. The molecule has 2 N–H and O–H groups in total. The van der Waals surface area contributed by atoms with Gasteiger partial charge in [0.05, 0.1) is 12.7 Å². The average Bonchev–Trinajstić information content (AvgIpc) is 2.71. The first-order chi connectivity index (χ1) is 13.6. The molecule has 0 unspecified atom stereocenters. The second-order valence-corrected chi connectivity index (χ2v) is 6.56. The Bertz CT molecular complexity index is 955. The maximum absolute atomic E-state index is 12.3. The molecule has 0 saturated heterocycles. The molecule has 0 aliphatic heterocycles. The van der Waals surface area contributed by atoms with Gasteiger partial charge in [-0.2, -0.15) is 0 Å². The minimum absolute atomic E-state index is 0.201. The highest BCUT2D eigenvalue weighted by atomic mass is 16.5. The predicted molar refractivity (Wildman–Crippen MR) is 110 cm³/mol. The summed E-state index contributed by atoms with van der Waals surface area (Å²) in [6, 6.07) is 13.9. The lowest BCUT2D eigenvalue weighted by molar-refractivity contribution is 0.0953. The summed E-state index contributed by atoms with van der Waals surface area (Å²) >= 11 is 0. The summed E-state index contributed by atoms with van der Waals surface area (Å²) in [5, 5.41) is 6.06. The molecule has 28 heavy (non-hydrogen) atoms. The number of hydrogen-bond acceptors (Lipinski definition) is 5. The van der Waals surface area contributed by atoms with Crippen LogP contribution < -0.4 is 15.4 Å². The van der Waals surface area contributed by atoms with Gasteiger partial charge in [0.15, 0.2) is 0 Å². The fourth-order valence-electron chi connectivity index (χ4n) is 2.91. The minimum Gasteiger partial charge on any atom is -0.496 e. The number of rotatable bonds is 7. The Kier molecular flexibility index (Phi) is 6.22. The molecule has 2 aromatic carbocycles. The Hall–Kier alpha value is -3.41. The van der Waals surface area contributed by atoms with E-state index in [0.717, 1.165) is 22.6 Å². The van der Waals surface area contributed by atoms with E-state index in [4.69, 9.17) is 4.74 Å². The highest BCUT2D eigenvalue weighted by molar-refractivity contribution is 5.93. The van der Waals surface area contributed by atoms with E-state index in [-0.39, 0.29) is 5.91 Å². The van der Waals surface area contributed by atoms with E-state index < -0.39 is 0 Å². The maximum Gasteiger partial charge on any atom is 0.254 e. The third-order valence-corrected chi connectivity index (χ3v) is 4.41. The van der Waals surface area contributed by atoms with E-state index in [1.54, 1.807) is 7.11 Å². The van der Waals surface area contributed by atoms with E-state index in [1.165, 1.54) is 18.0 Å². The molecule has 0 fully saturated rings. The monoisotopic (exact) mass is 376 g/mol. The SMILES string of the molecule is COc1ccccc1CCNC(=O)c1cnc(Nc2ccc(C)cc2C)nc1. The van der Waals surface area contributed by atoms with Crippen LogP contribution in [0.1, 0.15) is 27.0 Å². The summed E-state index contributed by atoms with van der Waals surface area (Å²) in [7, 11) is 1.64. The fourth-order valence-corrected chi connectivity index (χ4v) is 2.91. The summed E-state index contributed by atoms with van der Waals surface area (Å²) in [6.07, 6.45) is 3.73. The third-order valence-electron chi connectivity index (χ3n) is 4.41. The van der Waals surface area contributed by atoms with Gasteiger partial charge in [0.25, 0.3) is 5.91 Å². The van der Waals surface area contributed by atoms with Crippen LogP contribution >= 0.6 is 0 Å². The molecule has 6 heteroatoms. The average molecular weight is 376 g/mol. The van der Waals surface area contributed by atoms with Crippen molar-refractivity contribution in [3.8, 4) is 5.75 Å². The van der Waals surface area contributed by atoms with Crippen LogP contribution in [-0.2, 0) is 6.42 Å². The maximum atomic E-state index is 12.3. The van der Waals surface area contributed by atoms with Crippen LogP contribution in [0.15, 0.2) is 54.9 Å². The number of amides is 1. The number of carbonyl (C=O) groups excluding carboxylic acids is 1. The van der Waals surface area contributed by atoms with E-state index in [1.807, 2.05) is 43.3 Å². The summed E-state index contributed by atoms with van der Waals surface area (Å²) in [6.45, 7) is 4.58. The quantitative estimate of drug-likeness (QED) is 0.656. The highest BCUT2D eigenvalue weighted by Gasteiger charge is 2.09. The molecule has 1 amide bonds. The Balaban J connectivity index is 1.56. The number of nitrogens with zero attached hydrogens (tertiary/aromatic N) is 2. The van der Waals surface area contributed by atoms with Crippen molar-refractivity contribution in [2.75, 3.05) is 19.0 Å². The van der Waals surface area contributed by atoms with Crippen LogP contribution in [0, 0.1) is 13.8 Å². The molecule has 0 bridgehead atoms. The van der Waals surface area contributed by atoms with Crippen molar-refractivity contribution in [3.05, 3.63) is 77.1 Å². The number of carbonyl (C=O) groups is 1. The molecule has 1 aromatic heterocycles. The Morgan fingerprint density at radius 3 is 2.54 bits per heavy atom. The van der Waals surface area contributed by atoms with Crippen LogP contribution in [0.2, 0.25) is 0 Å². The lowest BCUT2D eigenvalue weighted by atomic mass is 10.1. The molecule has 3 rings (SSSR count). The first-order valence-corrected chi connectivity index (χ1v) is 9.13. The molecule has 0 radical (unpaired) electrons. The number of methoxy groups -OCH3 is 1. The standard InChI is InChI=1S/C22H24N4O2/c1-15-8-9-19(16(2)12-15)26-22-24-13-18(14-25-22)21(27)23-11-10-17-6-4-5-7-20(17)28-3/h4-9,12-14H,10-11H2,1-3H3,(H,23,27)(H,24,25,26). The molecule has 0 aliphatic rings. The molecule has 6 nitrogen and oxygen atoms in total. The van der Waals surface area contributed by atoms with Gasteiger partial charge in [-0.1, -0.05) is 35.9 Å². The zero-order valence-electron chi connectivity index (χ0n) is 16.3. The van der Waals surface area contributed by atoms with Crippen LogP contribution in [-0.4, -0.2) is 29.5 Å². The van der Waals surface area contributed by atoms with Crippen molar-refractivity contribution in [1.82, 2.24) is 15.3 Å². The summed E-state index contributed by atoms with van der Waals surface area (Å²) in [5.41, 5.74) is 4.73. The Morgan fingerprint density at radius 1 is 1.07 bits per heavy atom. The highest BCUT2D eigenvalue weighted by Crippen LogP contribution is 2.19. The normalized spacial score (nSPS) is 10.4.